The molecule has 0 amide bonds. The van der Waals surface area contributed by atoms with Crippen molar-refractivity contribution in [1.29, 1.82) is 0 Å². The van der Waals surface area contributed by atoms with Gasteiger partial charge in [0, 0.05) is 12.8 Å². The largest absolute Gasteiger partial charge is 0.756 e. The molecule has 2 unspecified atom stereocenters. The number of likely N-dealkylation sites (N-methyl/N-ethyl adjacent to an activating group) is 1. The summed E-state index contributed by atoms with van der Waals surface area (Å²) >= 11 is 0. The summed E-state index contributed by atoms with van der Waals surface area (Å²) in [6.45, 7) is 4.26. The fraction of sp³-hybridized carbons (Fsp3) is 0.908. The Balaban J connectivity index is 3.92. The number of nitrogens with zero attached hydrogens (tertiary/aromatic N) is 1. The van der Waals surface area contributed by atoms with Crippen molar-refractivity contribution in [3.63, 3.8) is 0 Å². The van der Waals surface area contributed by atoms with Crippen LogP contribution in [0.2, 0.25) is 0 Å². The van der Waals surface area contributed by atoms with Gasteiger partial charge >= 0.3 is 11.9 Å². The second-order valence-corrected chi connectivity index (χ2v) is 24.9. The number of carbonyl (C=O) groups is 2. The molecule has 0 aromatic rings. The van der Waals surface area contributed by atoms with Gasteiger partial charge in [0.25, 0.3) is 7.82 Å². The number of carbonyl (C=O) groups excluding carboxylic acids is 2. The average Bonchev–Trinajstić information content (AvgIpc) is 3.37. The molecule has 9 nitrogen and oxygen atoms in total. The Morgan fingerprint density at radius 3 is 1.07 bits per heavy atom. The van der Waals surface area contributed by atoms with Crippen LogP contribution in [0.15, 0.2) is 24.3 Å². The van der Waals surface area contributed by atoms with Gasteiger partial charge in [-0.3, -0.25) is 14.2 Å². The van der Waals surface area contributed by atoms with Crippen LogP contribution in [-0.2, 0) is 32.7 Å². The van der Waals surface area contributed by atoms with E-state index in [0.29, 0.717) is 17.4 Å². The molecule has 0 aliphatic carbocycles. The van der Waals surface area contributed by atoms with Gasteiger partial charge in [-0.1, -0.05) is 295 Å². The molecule has 0 bridgehead atoms. The molecule has 0 saturated heterocycles. The Morgan fingerprint density at radius 1 is 0.413 bits per heavy atom. The van der Waals surface area contributed by atoms with Gasteiger partial charge < -0.3 is 27.9 Å². The van der Waals surface area contributed by atoms with E-state index in [2.05, 4.69) is 38.2 Å². The Morgan fingerprint density at radius 2 is 0.720 bits per heavy atom. The van der Waals surface area contributed by atoms with Crippen LogP contribution < -0.4 is 4.89 Å². The van der Waals surface area contributed by atoms with Crippen molar-refractivity contribution in [3.05, 3.63) is 24.3 Å². The van der Waals surface area contributed by atoms with Crippen LogP contribution >= 0.6 is 7.82 Å². The number of phosphoric ester groups is 1. The highest BCUT2D eigenvalue weighted by Crippen LogP contribution is 2.38. The van der Waals surface area contributed by atoms with Crippen LogP contribution in [-0.4, -0.2) is 70.0 Å². The summed E-state index contributed by atoms with van der Waals surface area (Å²) in [5, 5.41) is 0. The van der Waals surface area contributed by atoms with Gasteiger partial charge in [-0.15, -0.1) is 0 Å². The molecule has 0 fully saturated rings. The van der Waals surface area contributed by atoms with E-state index in [4.69, 9.17) is 18.5 Å². The van der Waals surface area contributed by atoms with Gasteiger partial charge in [0.05, 0.1) is 27.7 Å². The number of unbranched alkanes of at least 4 members (excludes halogenated alkanes) is 43. The standard InChI is InChI=1S/C65H126NO8P/c1-6-8-10-12-14-16-18-20-22-24-25-26-27-28-29-30-31-32-33-34-35-36-37-38-39-40-41-42-44-45-47-49-51-53-55-57-64(67)71-61-63(62-73-75(69,70)72-60-59-66(3,4)5)74-65(68)58-56-54-52-50-48-46-43-23-21-19-17-15-13-11-9-7-2/h17,19,23,43,63H,6-16,18,20-22,24-42,44-62H2,1-5H3/b19-17-,43-23-. The van der Waals surface area contributed by atoms with Crippen LogP contribution in [0.3, 0.4) is 0 Å². The van der Waals surface area contributed by atoms with Gasteiger partial charge in [-0.2, -0.15) is 0 Å². The van der Waals surface area contributed by atoms with Crippen molar-refractivity contribution in [2.24, 2.45) is 0 Å². The molecule has 2 atom stereocenters. The minimum atomic E-state index is -4.64. The van der Waals surface area contributed by atoms with Crippen LogP contribution in [0.25, 0.3) is 0 Å². The number of hydrogen-bond acceptors (Lipinski definition) is 8. The summed E-state index contributed by atoms with van der Waals surface area (Å²) in [6, 6.07) is 0. The SMILES string of the molecule is CCCCCC/C=C\C/C=C\CCCCCCCC(=O)OC(COC(=O)CCCCCCCCCCCCCCCCCCCCCCCCCCCCCCCCCCCCC)COP(=O)([O-])OCC[N+](C)(C)C. The van der Waals surface area contributed by atoms with Crippen molar-refractivity contribution in [3.8, 4) is 0 Å². The van der Waals surface area contributed by atoms with Crippen LogP contribution in [0.4, 0.5) is 0 Å². The minimum Gasteiger partial charge on any atom is -0.756 e. The topological polar surface area (TPSA) is 111 Å². The summed E-state index contributed by atoms with van der Waals surface area (Å²) in [5.41, 5.74) is 0. The number of allylic oxidation sites excluding steroid dienone is 4. The number of rotatable bonds is 61. The number of quaternary nitrogens is 1. The first kappa shape index (κ1) is 73.5. The molecule has 444 valence electrons. The Hall–Kier alpha value is -1.51. The van der Waals surface area contributed by atoms with E-state index >= 15 is 0 Å². The zero-order chi connectivity index (χ0) is 54.9. The zero-order valence-corrected chi connectivity index (χ0v) is 51.4. The number of esters is 2. The zero-order valence-electron chi connectivity index (χ0n) is 50.5. The van der Waals surface area contributed by atoms with E-state index in [1.807, 2.05) is 21.1 Å². The van der Waals surface area contributed by atoms with Crippen LogP contribution in [0.1, 0.15) is 328 Å². The molecule has 0 radical (unpaired) electrons. The number of phosphoric acid groups is 1. The third kappa shape index (κ3) is 61.6. The van der Waals surface area contributed by atoms with Crippen molar-refractivity contribution in [1.82, 2.24) is 0 Å². The van der Waals surface area contributed by atoms with Gasteiger partial charge in [-0.25, -0.2) is 0 Å². The molecule has 0 N–H and O–H groups in total. The van der Waals surface area contributed by atoms with Gasteiger partial charge in [-0.05, 0) is 44.9 Å². The maximum Gasteiger partial charge on any atom is 0.306 e. The maximum absolute atomic E-state index is 12.8. The highest BCUT2D eigenvalue weighted by molar-refractivity contribution is 7.45. The molecule has 0 saturated carbocycles. The molecule has 0 rings (SSSR count). The summed E-state index contributed by atoms with van der Waals surface area (Å²) < 4.78 is 34.2. The van der Waals surface area contributed by atoms with E-state index in [1.165, 1.54) is 238 Å². The molecular formula is C65H126NO8P. The highest BCUT2D eigenvalue weighted by atomic mass is 31.2. The summed E-state index contributed by atoms with van der Waals surface area (Å²) in [5.74, 6) is -0.833. The smallest absolute Gasteiger partial charge is 0.306 e. The summed E-state index contributed by atoms with van der Waals surface area (Å²) in [7, 11) is 1.17. The molecule has 0 aliphatic rings. The molecular weight excluding hydrogens is 954 g/mol. The van der Waals surface area contributed by atoms with E-state index in [9.17, 15) is 19.0 Å². The molecule has 0 aromatic carbocycles. The summed E-state index contributed by atoms with van der Waals surface area (Å²) in [6.07, 6.45) is 69.8. The van der Waals surface area contributed by atoms with Crippen LogP contribution in [0.5, 0.6) is 0 Å². The first-order valence-corrected chi connectivity index (χ1v) is 34.0. The minimum absolute atomic E-state index is 0.0314. The first-order valence-electron chi connectivity index (χ1n) is 32.5. The molecule has 0 aromatic heterocycles. The molecule has 0 spiro atoms. The van der Waals surface area contributed by atoms with Crippen molar-refractivity contribution >= 4 is 19.8 Å². The first-order chi connectivity index (χ1) is 36.5. The molecule has 0 aliphatic heterocycles. The number of hydrogen-bond donors (Lipinski definition) is 0. The normalized spacial score (nSPS) is 13.3. The molecule has 75 heavy (non-hydrogen) atoms. The van der Waals surface area contributed by atoms with E-state index in [-0.39, 0.29) is 32.0 Å². The second-order valence-electron chi connectivity index (χ2n) is 23.5. The third-order valence-corrected chi connectivity index (χ3v) is 15.7. The second kappa shape index (κ2) is 57.2. The maximum atomic E-state index is 12.8. The van der Waals surface area contributed by atoms with Crippen molar-refractivity contribution in [2.75, 3.05) is 47.5 Å². The van der Waals surface area contributed by atoms with Gasteiger partial charge in [0.2, 0.25) is 0 Å². The van der Waals surface area contributed by atoms with E-state index in [1.54, 1.807) is 0 Å². The fourth-order valence-corrected chi connectivity index (χ4v) is 10.4. The molecule has 10 heteroatoms. The lowest BCUT2D eigenvalue weighted by atomic mass is 10.0. The quantitative estimate of drug-likeness (QED) is 0.0195. The Labute approximate surface area is 466 Å². The van der Waals surface area contributed by atoms with Crippen molar-refractivity contribution < 1.29 is 42.1 Å². The highest BCUT2D eigenvalue weighted by Gasteiger charge is 2.22. The monoisotopic (exact) mass is 1080 g/mol. The summed E-state index contributed by atoms with van der Waals surface area (Å²) in [4.78, 5) is 37.9. The predicted molar refractivity (Wildman–Crippen MR) is 319 cm³/mol. The lowest BCUT2D eigenvalue weighted by molar-refractivity contribution is -0.870. The Bertz CT molecular complexity index is 1320. The Kier molecular flexibility index (Phi) is 56.0. The van der Waals surface area contributed by atoms with Gasteiger partial charge in [0.1, 0.15) is 19.8 Å². The third-order valence-electron chi connectivity index (χ3n) is 14.7. The van der Waals surface area contributed by atoms with E-state index < -0.39 is 26.5 Å². The lowest BCUT2D eigenvalue weighted by Crippen LogP contribution is -2.37. The van der Waals surface area contributed by atoms with Crippen molar-refractivity contribution in [2.45, 2.75) is 335 Å². The molecule has 0 heterocycles. The number of ether oxygens (including phenoxy) is 2. The van der Waals surface area contributed by atoms with Gasteiger partial charge in [0.15, 0.2) is 6.10 Å². The lowest BCUT2D eigenvalue weighted by Gasteiger charge is -2.28. The fourth-order valence-electron chi connectivity index (χ4n) is 9.69. The predicted octanol–water partition coefficient (Wildman–Crippen LogP) is 19.9. The average molecular weight is 1080 g/mol. The van der Waals surface area contributed by atoms with Crippen LogP contribution in [0, 0.1) is 0 Å². The van der Waals surface area contributed by atoms with E-state index in [0.717, 1.165) is 57.8 Å².